The van der Waals surface area contributed by atoms with Crippen molar-refractivity contribution in [3.63, 3.8) is 0 Å². The van der Waals surface area contributed by atoms with E-state index in [1.807, 2.05) is 32.0 Å². The molecular weight excluding hydrogens is 262 g/mol. The number of ether oxygens (including phenoxy) is 1. The molecule has 0 aliphatic rings. The minimum Gasteiger partial charge on any atom is -0.478 e. The molecule has 0 aromatic heterocycles. The van der Waals surface area contributed by atoms with Crippen LogP contribution in [0.25, 0.3) is 0 Å². The van der Waals surface area contributed by atoms with Crippen LogP contribution in [0.1, 0.15) is 30.6 Å². The summed E-state index contributed by atoms with van der Waals surface area (Å²) in [4.78, 5) is 12.3. The number of thioether (sulfide) groups is 1. The van der Waals surface area contributed by atoms with Gasteiger partial charge in [-0.05, 0) is 24.3 Å². The quantitative estimate of drug-likeness (QED) is 0.717. The van der Waals surface area contributed by atoms with Crippen molar-refractivity contribution >= 4 is 23.4 Å². The predicted octanol–water partition coefficient (Wildman–Crippen LogP) is 3.33. The zero-order valence-corrected chi connectivity index (χ0v) is 12.4. The Labute approximate surface area is 118 Å². The second-order valence-electron chi connectivity index (χ2n) is 4.12. The first kappa shape index (κ1) is 15.9. The molecule has 2 N–H and O–H groups in total. The van der Waals surface area contributed by atoms with Crippen LogP contribution in [0.3, 0.4) is 0 Å². The van der Waals surface area contributed by atoms with Gasteiger partial charge in [-0.15, -0.1) is 11.8 Å². The smallest absolute Gasteiger partial charge is 0.338 e. The van der Waals surface area contributed by atoms with Crippen molar-refractivity contribution in [1.29, 1.82) is 0 Å². The molecule has 106 valence electrons. The van der Waals surface area contributed by atoms with Gasteiger partial charge >= 0.3 is 5.97 Å². The Bertz CT molecular complexity index is 423. The fraction of sp³-hybridized carbons (Fsp3) is 0.500. The van der Waals surface area contributed by atoms with Crippen molar-refractivity contribution in [1.82, 2.24) is 0 Å². The highest BCUT2D eigenvalue weighted by atomic mass is 32.2. The van der Waals surface area contributed by atoms with Crippen LogP contribution in [-0.4, -0.2) is 36.6 Å². The van der Waals surface area contributed by atoms with Crippen LogP contribution in [-0.2, 0) is 4.74 Å². The van der Waals surface area contributed by atoms with Crippen LogP contribution >= 0.6 is 11.8 Å². The molecule has 1 unspecified atom stereocenters. The molecule has 1 aromatic carbocycles. The minimum atomic E-state index is -0.897. The maximum Gasteiger partial charge on any atom is 0.338 e. The van der Waals surface area contributed by atoms with E-state index >= 15 is 0 Å². The van der Waals surface area contributed by atoms with E-state index in [1.54, 1.807) is 18.9 Å². The number of carboxylic acids is 1. The Morgan fingerprint density at radius 2 is 2.21 bits per heavy atom. The van der Waals surface area contributed by atoms with Crippen molar-refractivity contribution in [2.45, 2.75) is 31.2 Å². The Morgan fingerprint density at radius 1 is 1.47 bits per heavy atom. The van der Waals surface area contributed by atoms with E-state index in [9.17, 15) is 9.90 Å². The van der Waals surface area contributed by atoms with E-state index < -0.39 is 5.97 Å². The van der Waals surface area contributed by atoms with Crippen LogP contribution in [0.15, 0.2) is 23.1 Å². The SMILES string of the molecule is CCSc1cccc(NC(CC)COC)c1C(=O)O. The zero-order valence-electron chi connectivity index (χ0n) is 11.6. The highest BCUT2D eigenvalue weighted by molar-refractivity contribution is 7.99. The molecule has 4 nitrogen and oxygen atoms in total. The first-order valence-electron chi connectivity index (χ1n) is 6.38. The number of aromatic carboxylic acids is 1. The van der Waals surface area contributed by atoms with Gasteiger partial charge in [0.2, 0.25) is 0 Å². The molecule has 0 fully saturated rings. The number of rotatable bonds is 8. The fourth-order valence-electron chi connectivity index (χ4n) is 1.83. The molecule has 0 aliphatic carbocycles. The molecular formula is C14H21NO3S. The number of nitrogens with one attached hydrogen (secondary N) is 1. The van der Waals surface area contributed by atoms with E-state index in [2.05, 4.69) is 5.32 Å². The van der Waals surface area contributed by atoms with Gasteiger partial charge in [0.15, 0.2) is 0 Å². The lowest BCUT2D eigenvalue weighted by atomic mass is 10.1. The van der Waals surface area contributed by atoms with E-state index in [-0.39, 0.29) is 6.04 Å². The number of hydrogen-bond donors (Lipinski definition) is 2. The van der Waals surface area contributed by atoms with Gasteiger partial charge in [-0.2, -0.15) is 0 Å². The summed E-state index contributed by atoms with van der Waals surface area (Å²) in [5, 5.41) is 12.7. The van der Waals surface area contributed by atoms with Crippen LogP contribution in [0.5, 0.6) is 0 Å². The average molecular weight is 283 g/mol. The first-order chi connectivity index (χ1) is 9.13. The summed E-state index contributed by atoms with van der Waals surface area (Å²) in [5.74, 6) is -0.0507. The molecule has 1 rings (SSSR count). The molecule has 1 aromatic rings. The Kier molecular flexibility index (Phi) is 6.73. The summed E-state index contributed by atoms with van der Waals surface area (Å²) in [7, 11) is 1.64. The molecule has 0 radical (unpaired) electrons. The number of carboxylic acid groups (broad SMARTS) is 1. The standard InChI is InChI=1S/C14H21NO3S/c1-4-10(9-18-3)15-11-7-6-8-12(19-5-2)13(11)14(16)17/h6-8,10,15H,4-5,9H2,1-3H3,(H,16,17). The Morgan fingerprint density at radius 3 is 2.74 bits per heavy atom. The molecule has 1 atom stereocenters. The topological polar surface area (TPSA) is 58.6 Å². The predicted molar refractivity (Wildman–Crippen MR) is 79.4 cm³/mol. The van der Waals surface area contributed by atoms with Crippen molar-refractivity contribution in [3.05, 3.63) is 23.8 Å². The molecule has 0 spiro atoms. The number of hydrogen-bond acceptors (Lipinski definition) is 4. The molecule has 0 bridgehead atoms. The second-order valence-corrected chi connectivity index (χ2v) is 5.43. The van der Waals surface area contributed by atoms with E-state index in [0.717, 1.165) is 17.1 Å². The molecule has 0 saturated heterocycles. The van der Waals surface area contributed by atoms with Gasteiger partial charge < -0.3 is 15.2 Å². The molecule has 0 saturated carbocycles. The van der Waals surface area contributed by atoms with Crippen molar-refractivity contribution < 1.29 is 14.6 Å². The number of anilines is 1. The molecule has 0 heterocycles. The van der Waals surface area contributed by atoms with Crippen LogP contribution in [0, 0.1) is 0 Å². The minimum absolute atomic E-state index is 0.116. The summed E-state index contributed by atoms with van der Waals surface area (Å²) in [6, 6.07) is 5.65. The number of carbonyl (C=O) groups is 1. The molecule has 0 amide bonds. The number of methoxy groups -OCH3 is 1. The summed E-state index contributed by atoms with van der Waals surface area (Å²) in [6.07, 6.45) is 0.873. The zero-order chi connectivity index (χ0) is 14.3. The van der Waals surface area contributed by atoms with Gasteiger partial charge in [-0.25, -0.2) is 4.79 Å². The van der Waals surface area contributed by atoms with Gasteiger partial charge in [0, 0.05) is 18.0 Å². The maximum absolute atomic E-state index is 11.5. The van der Waals surface area contributed by atoms with Gasteiger partial charge in [0.25, 0.3) is 0 Å². The van der Waals surface area contributed by atoms with Gasteiger partial charge in [-0.1, -0.05) is 19.9 Å². The third-order valence-electron chi connectivity index (χ3n) is 2.76. The summed E-state index contributed by atoms with van der Waals surface area (Å²) >= 11 is 1.54. The van der Waals surface area contributed by atoms with Gasteiger partial charge in [0.1, 0.15) is 0 Å². The average Bonchev–Trinajstić information content (AvgIpc) is 2.38. The van der Waals surface area contributed by atoms with E-state index in [0.29, 0.717) is 17.9 Å². The van der Waals surface area contributed by atoms with Crippen molar-refractivity contribution in [2.24, 2.45) is 0 Å². The van der Waals surface area contributed by atoms with Crippen LogP contribution in [0.2, 0.25) is 0 Å². The molecule has 5 heteroatoms. The Hall–Kier alpha value is -1.20. The van der Waals surface area contributed by atoms with Crippen LogP contribution < -0.4 is 5.32 Å². The summed E-state index contributed by atoms with van der Waals surface area (Å²) < 4.78 is 5.13. The highest BCUT2D eigenvalue weighted by Crippen LogP contribution is 2.29. The van der Waals surface area contributed by atoms with Crippen LogP contribution in [0.4, 0.5) is 5.69 Å². The van der Waals surface area contributed by atoms with Crippen molar-refractivity contribution in [3.8, 4) is 0 Å². The third-order valence-corrected chi connectivity index (χ3v) is 3.70. The second kappa shape index (κ2) is 8.07. The van der Waals surface area contributed by atoms with Crippen molar-refractivity contribution in [2.75, 3.05) is 24.8 Å². The van der Waals surface area contributed by atoms with E-state index in [4.69, 9.17) is 4.74 Å². The largest absolute Gasteiger partial charge is 0.478 e. The highest BCUT2D eigenvalue weighted by Gasteiger charge is 2.17. The number of benzene rings is 1. The summed E-state index contributed by atoms with van der Waals surface area (Å²) in [5.41, 5.74) is 1.01. The maximum atomic E-state index is 11.5. The fourth-order valence-corrected chi connectivity index (χ4v) is 2.66. The summed E-state index contributed by atoms with van der Waals surface area (Å²) in [6.45, 7) is 4.61. The lowest BCUT2D eigenvalue weighted by Crippen LogP contribution is -2.25. The van der Waals surface area contributed by atoms with Gasteiger partial charge in [0.05, 0.1) is 17.9 Å². The normalized spacial score (nSPS) is 12.2. The molecule has 0 aliphatic heterocycles. The molecule has 19 heavy (non-hydrogen) atoms. The van der Waals surface area contributed by atoms with E-state index in [1.165, 1.54) is 0 Å². The first-order valence-corrected chi connectivity index (χ1v) is 7.37. The monoisotopic (exact) mass is 283 g/mol. The lowest BCUT2D eigenvalue weighted by Gasteiger charge is -2.20. The Balaban J connectivity index is 3.04. The van der Waals surface area contributed by atoms with Gasteiger partial charge in [-0.3, -0.25) is 0 Å². The lowest BCUT2D eigenvalue weighted by molar-refractivity contribution is 0.0694. The third kappa shape index (κ3) is 4.44.